The average molecular weight is 155 g/mol. The zero-order valence-corrected chi connectivity index (χ0v) is 6.47. The van der Waals surface area contributed by atoms with Gasteiger partial charge in [-0.25, -0.2) is 0 Å². The number of nitrogens with one attached hydrogen (secondary N) is 1. The summed E-state index contributed by atoms with van der Waals surface area (Å²) in [5.74, 6) is -0.731. The van der Waals surface area contributed by atoms with Crippen LogP contribution >= 0.6 is 0 Å². The van der Waals surface area contributed by atoms with Crippen molar-refractivity contribution in [3.8, 4) is 0 Å². The zero-order valence-electron chi connectivity index (χ0n) is 6.47. The van der Waals surface area contributed by atoms with E-state index in [9.17, 15) is 4.79 Å². The maximum atomic E-state index is 10.8. The number of carboxylic acid groups (broad SMARTS) is 1. The molecule has 1 unspecified atom stereocenters. The fourth-order valence-corrected chi connectivity index (χ4v) is 2.31. The molecule has 0 aromatic heterocycles. The first-order valence-electron chi connectivity index (χ1n) is 4.18. The van der Waals surface area contributed by atoms with E-state index in [1.165, 1.54) is 6.42 Å². The summed E-state index contributed by atoms with van der Waals surface area (Å²) in [6.07, 6.45) is 3.43. The molecule has 3 nitrogen and oxygen atoms in total. The third-order valence-electron chi connectivity index (χ3n) is 3.21. The molecule has 2 aliphatic rings. The van der Waals surface area contributed by atoms with E-state index < -0.39 is 5.97 Å². The fraction of sp³-hybridized carbons (Fsp3) is 0.875. The van der Waals surface area contributed by atoms with Gasteiger partial charge in [0, 0.05) is 13.1 Å². The van der Waals surface area contributed by atoms with E-state index in [-0.39, 0.29) is 11.3 Å². The molecule has 1 spiro atoms. The first kappa shape index (κ1) is 7.10. The summed E-state index contributed by atoms with van der Waals surface area (Å²) in [5, 5.41) is 12.0. The van der Waals surface area contributed by atoms with Crippen molar-refractivity contribution in [1.82, 2.24) is 5.32 Å². The molecule has 0 aromatic carbocycles. The summed E-state index contributed by atoms with van der Waals surface area (Å²) in [4.78, 5) is 10.8. The quantitative estimate of drug-likeness (QED) is 0.578. The van der Waals surface area contributed by atoms with Crippen LogP contribution in [-0.2, 0) is 4.79 Å². The van der Waals surface area contributed by atoms with Crippen molar-refractivity contribution in [2.24, 2.45) is 11.3 Å². The normalized spacial score (nSPS) is 33.6. The minimum absolute atomic E-state index is 0.115. The van der Waals surface area contributed by atoms with Crippen LogP contribution in [0.1, 0.15) is 19.3 Å². The molecule has 62 valence electrons. The molecule has 1 heterocycles. The molecular weight excluding hydrogens is 142 g/mol. The SMILES string of the molecule is O=C(O)C1CNCC12CCC2. The first-order chi connectivity index (χ1) is 5.25. The zero-order chi connectivity index (χ0) is 7.90. The Bertz CT molecular complexity index is 187. The summed E-state index contributed by atoms with van der Waals surface area (Å²) in [6, 6.07) is 0. The van der Waals surface area contributed by atoms with Crippen molar-refractivity contribution >= 4 is 5.97 Å². The predicted octanol–water partition coefficient (Wildman–Crippen LogP) is 0.461. The molecule has 1 saturated heterocycles. The van der Waals surface area contributed by atoms with Crippen LogP contribution in [0.25, 0.3) is 0 Å². The van der Waals surface area contributed by atoms with Crippen LogP contribution in [0.3, 0.4) is 0 Å². The molecule has 1 atom stereocenters. The van der Waals surface area contributed by atoms with Crippen LogP contribution < -0.4 is 5.32 Å². The van der Waals surface area contributed by atoms with Crippen molar-refractivity contribution in [1.29, 1.82) is 0 Å². The summed E-state index contributed by atoms with van der Waals surface area (Å²) >= 11 is 0. The molecular formula is C8H13NO2. The highest BCUT2D eigenvalue weighted by Crippen LogP contribution is 2.48. The van der Waals surface area contributed by atoms with Crippen molar-refractivity contribution in [3.63, 3.8) is 0 Å². The topological polar surface area (TPSA) is 49.3 Å². The van der Waals surface area contributed by atoms with E-state index in [0.29, 0.717) is 6.54 Å². The van der Waals surface area contributed by atoms with E-state index in [0.717, 1.165) is 19.4 Å². The van der Waals surface area contributed by atoms with Gasteiger partial charge in [-0.15, -0.1) is 0 Å². The second-order valence-electron chi connectivity index (χ2n) is 3.74. The van der Waals surface area contributed by atoms with Gasteiger partial charge in [-0.3, -0.25) is 4.79 Å². The molecule has 1 aliphatic carbocycles. The molecule has 0 bridgehead atoms. The van der Waals surface area contributed by atoms with Gasteiger partial charge in [0.15, 0.2) is 0 Å². The third kappa shape index (κ3) is 0.872. The summed E-state index contributed by atoms with van der Waals surface area (Å²) in [5.41, 5.74) is 0.145. The Labute approximate surface area is 65.8 Å². The summed E-state index contributed by atoms with van der Waals surface area (Å²) in [6.45, 7) is 1.60. The Hall–Kier alpha value is -0.570. The van der Waals surface area contributed by atoms with Crippen LogP contribution in [0.2, 0.25) is 0 Å². The molecule has 0 amide bonds. The van der Waals surface area contributed by atoms with Crippen LogP contribution in [0.4, 0.5) is 0 Å². The van der Waals surface area contributed by atoms with E-state index in [1.807, 2.05) is 0 Å². The maximum Gasteiger partial charge on any atom is 0.308 e. The van der Waals surface area contributed by atoms with E-state index >= 15 is 0 Å². The first-order valence-corrected chi connectivity index (χ1v) is 4.18. The molecule has 2 fully saturated rings. The lowest BCUT2D eigenvalue weighted by molar-refractivity contribution is -0.146. The second kappa shape index (κ2) is 2.21. The minimum atomic E-state index is -0.616. The van der Waals surface area contributed by atoms with Crippen LogP contribution in [-0.4, -0.2) is 24.2 Å². The van der Waals surface area contributed by atoms with Gasteiger partial charge in [0.05, 0.1) is 5.92 Å². The highest BCUT2D eigenvalue weighted by atomic mass is 16.4. The van der Waals surface area contributed by atoms with Gasteiger partial charge < -0.3 is 10.4 Å². The van der Waals surface area contributed by atoms with Gasteiger partial charge >= 0.3 is 5.97 Å². The van der Waals surface area contributed by atoms with Crippen molar-refractivity contribution in [2.75, 3.05) is 13.1 Å². The minimum Gasteiger partial charge on any atom is -0.481 e. The Morgan fingerprint density at radius 1 is 1.55 bits per heavy atom. The van der Waals surface area contributed by atoms with Crippen LogP contribution in [0.5, 0.6) is 0 Å². The van der Waals surface area contributed by atoms with Crippen molar-refractivity contribution in [2.45, 2.75) is 19.3 Å². The number of hydrogen-bond donors (Lipinski definition) is 2. The lowest BCUT2D eigenvalue weighted by Gasteiger charge is -2.40. The van der Waals surface area contributed by atoms with Gasteiger partial charge in [-0.2, -0.15) is 0 Å². The van der Waals surface area contributed by atoms with Crippen molar-refractivity contribution in [3.05, 3.63) is 0 Å². The Kier molecular flexibility index (Phi) is 1.42. The van der Waals surface area contributed by atoms with E-state index in [1.54, 1.807) is 0 Å². The number of carboxylic acids is 1. The standard InChI is InChI=1S/C8H13NO2/c10-7(11)6-4-9-5-8(6)2-1-3-8/h6,9H,1-5H2,(H,10,11). The molecule has 3 heteroatoms. The largest absolute Gasteiger partial charge is 0.481 e. The lowest BCUT2D eigenvalue weighted by atomic mass is 9.63. The van der Waals surface area contributed by atoms with Gasteiger partial charge in [0.25, 0.3) is 0 Å². The molecule has 1 aliphatic heterocycles. The number of carbonyl (C=O) groups is 1. The summed E-state index contributed by atoms with van der Waals surface area (Å²) in [7, 11) is 0. The third-order valence-corrected chi connectivity index (χ3v) is 3.21. The number of aliphatic carboxylic acids is 1. The van der Waals surface area contributed by atoms with Gasteiger partial charge in [0.2, 0.25) is 0 Å². The Morgan fingerprint density at radius 2 is 2.27 bits per heavy atom. The average Bonchev–Trinajstić information content (AvgIpc) is 2.27. The molecule has 11 heavy (non-hydrogen) atoms. The van der Waals surface area contributed by atoms with Crippen molar-refractivity contribution < 1.29 is 9.90 Å². The molecule has 0 radical (unpaired) electrons. The maximum absolute atomic E-state index is 10.8. The van der Waals surface area contributed by atoms with E-state index in [2.05, 4.69) is 5.32 Å². The molecule has 2 rings (SSSR count). The second-order valence-corrected chi connectivity index (χ2v) is 3.74. The van der Waals surface area contributed by atoms with Gasteiger partial charge in [0.1, 0.15) is 0 Å². The molecule has 0 aromatic rings. The highest BCUT2D eigenvalue weighted by molar-refractivity contribution is 5.72. The number of hydrogen-bond acceptors (Lipinski definition) is 2. The number of rotatable bonds is 1. The smallest absolute Gasteiger partial charge is 0.308 e. The monoisotopic (exact) mass is 155 g/mol. The van der Waals surface area contributed by atoms with Gasteiger partial charge in [-0.1, -0.05) is 6.42 Å². The molecule has 1 saturated carbocycles. The van der Waals surface area contributed by atoms with Crippen LogP contribution in [0, 0.1) is 11.3 Å². The van der Waals surface area contributed by atoms with E-state index in [4.69, 9.17) is 5.11 Å². The molecule has 2 N–H and O–H groups in total. The summed E-state index contributed by atoms with van der Waals surface area (Å²) < 4.78 is 0. The fourth-order valence-electron chi connectivity index (χ4n) is 2.31. The van der Waals surface area contributed by atoms with Crippen LogP contribution in [0.15, 0.2) is 0 Å². The Balaban J connectivity index is 2.13. The van der Waals surface area contributed by atoms with Gasteiger partial charge in [-0.05, 0) is 18.3 Å². The predicted molar refractivity (Wildman–Crippen MR) is 40.3 cm³/mol. The Morgan fingerprint density at radius 3 is 2.64 bits per heavy atom. The highest BCUT2D eigenvalue weighted by Gasteiger charge is 2.50. The lowest BCUT2D eigenvalue weighted by Crippen LogP contribution is -2.40.